The van der Waals surface area contributed by atoms with Crippen LogP contribution >= 0.6 is 11.6 Å². The number of ether oxygens (including phenoxy) is 1. The molecule has 0 radical (unpaired) electrons. The van der Waals surface area contributed by atoms with Gasteiger partial charge in [-0.05, 0) is 56.1 Å². The summed E-state index contributed by atoms with van der Waals surface area (Å²) < 4.78 is 12.8. The lowest BCUT2D eigenvalue weighted by atomic mass is 9.98. The van der Waals surface area contributed by atoms with Crippen LogP contribution < -0.4 is 0 Å². The van der Waals surface area contributed by atoms with E-state index in [4.69, 9.17) is 31.0 Å². The summed E-state index contributed by atoms with van der Waals surface area (Å²) in [6.07, 6.45) is 1.10. The second-order valence-corrected chi connectivity index (χ2v) is 14.7. The van der Waals surface area contributed by atoms with Crippen LogP contribution in [-0.4, -0.2) is 44.0 Å². The Labute approximate surface area is 174 Å². The summed E-state index contributed by atoms with van der Waals surface area (Å²) in [4.78, 5) is 6.98. The van der Waals surface area contributed by atoms with Crippen molar-refractivity contribution < 1.29 is 9.16 Å². The van der Waals surface area contributed by atoms with Crippen LogP contribution in [0.5, 0.6) is 0 Å². The van der Waals surface area contributed by atoms with E-state index in [1.807, 2.05) is 13.0 Å². The zero-order valence-electron chi connectivity index (χ0n) is 17.9. The number of amidine groups is 1. The van der Waals surface area contributed by atoms with Crippen molar-refractivity contribution in [3.8, 4) is 6.07 Å². The van der Waals surface area contributed by atoms with Gasteiger partial charge in [0.25, 0.3) is 6.02 Å². The molecule has 28 heavy (non-hydrogen) atoms. The van der Waals surface area contributed by atoms with Gasteiger partial charge in [0.2, 0.25) is 0 Å². The third kappa shape index (κ3) is 3.45. The van der Waals surface area contributed by atoms with Gasteiger partial charge in [0.05, 0.1) is 22.4 Å². The number of hydrogen-bond acceptors (Lipinski definition) is 4. The molecule has 2 aliphatic heterocycles. The van der Waals surface area contributed by atoms with Gasteiger partial charge < -0.3 is 14.1 Å². The van der Waals surface area contributed by atoms with Gasteiger partial charge in [0.15, 0.2) is 8.32 Å². The summed E-state index contributed by atoms with van der Waals surface area (Å²) in [5.41, 5.74) is 1.78. The molecule has 3 rings (SSSR count). The van der Waals surface area contributed by atoms with Crippen molar-refractivity contribution in [2.45, 2.75) is 70.8 Å². The summed E-state index contributed by atoms with van der Waals surface area (Å²) in [5.74, 6) is 0. The van der Waals surface area contributed by atoms with E-state index in [1.54, 1.807) is 6.07 Å². The van der Waals surface area contributed by atoms with Gasteiger partial charge in [-0.3, -0.25) is 0 Å². The van der Waals surface area contributed by atoms with E-state index >= 15 is 0 Å². The Hall–Kier alpha value is -1.55. The molecule has 0 amide bonds. The second kappa shape index (κ2) is 7.05. The molecule has 2 heterocycles. The van der Waals surface area contributed by atoms with E-state index in [-0.39, 0.29) is 16.7 Å². The van der Waals surface area contributed by atoms with Gasteiger partial charge in [-0.2, -0.15) is 10.3 Å². The number of hydrogen-bond donors (Lipinski definition) is 0. The normalized spacial score (nSPS) is 26.3. The zero-order chi connectivity index (χ0) is 20.9. The van der Waals surface area contributed by atoms with E-state index in [0.717, 1.165) is 24.2 Å². The average molecular weight is 420 g/mol. The number of rotatable bonds is 3. The average Bonchev–Trinajstić information content (AvgIpc) is 3.07. The quantitative estimate of drug-likeness (QED) is 0.616. The predicted molar refractivity (Wildman–Crippen MR) is 116 cm³/mol. The Morgan fingerprint density at radius 2 is 2.07 bits per heavy atom. The van der Waals surface area contributed by atoms with E-state index in [2.05, 4.69) is 51.8 Å². The molecule has 0 N–H and O–H groups in total. The van der Waals surface area contributed by atoms with Crippen LogP contribution in [-0.2, 0) is 9.16 Å². The Morgan fingerprint density at radius 1 is 1.39 bits per heavy atom. The topological polar surface area (TPSA) is 57.9 Å². The zero-order valence-corrected chi connectivity index (χ0v) is 19.6. The molecule has 2 aliphatic rings. The minimum absolute atomic E-state index is 0.131. The van der Waals surface area contributed by atoms with Crippen LogP contribution in [0.25, 0.3) is 0 Å². The molecule has 2 atom stereocenters. The van der Waals surface area contributed by atoms with Crippen LogP contribution in [0.2, 0.25) is 23.2 Å². The van der Waals surface area contributed by atoms with E-state index < -0.39 is 8.32 Å². The van der Waals surface area contributed by atoms with E-state index in [9.17, 15) is 0 Å². The van der Waals surface area contributed by atoms with E-state index in [0.29, 0.717) is 23.2 Å². The Balaban J connectivity index is 1.86. The summed E-state index contributed by atoms with van der Waals surface area (Å²) in [6.45, 7) is 16.9. The molecule has 0 aromatic heterocycles. The first-order chi connectivity index (χ1) is 12.9. The van der Waals surface area contributed by atoms with Crippen LogP contribution in [0, 0.1) is 18.3 Å². The molecule has 152 valence electrons. The molecular formula is C21H30ClN3O2Si. The fourth-order valence-corrected chi connectivity index (χ4v) is 5.20. The molecule has 2 saturated heterocycles. The second-order valence-electron chi connectivity index (χ2n) is 9.53. The first kappa shape index (κ1) is 21.2. The lowest BCUT2D eigenvalue weighted by molar-refractivity contribution is 0.0794. The number of nitrogens with zero attached hydrogens (tertiary/aromatic N) is 3. The molecule has 0 spiro atoms. The number of halogens is 1. The van der Waals surface area contributed by atoms with Gasteiger partial charge in [-0.25, -0.2) is 0 Å². The highest BCUT2D eigenvalue weighted by Gasteiger charge is 2.55. The van der Waals surface area contributed by atoms with Crippen molar-refractivity contribution in [1.29, 1.82) is 5.26 Å². The van der Waals surface area contributed by atoms with Gasteiger partial charge >= 0.3 is 0 Å². The number of fused-ring (bicyclic) bond motifs is 1. The lowest BCUT2D eigenvalue weighted by Gasteiger charge is -2.42. The Bertz CT molecular complexity index is 856. The largest absolute Gasteiger partial charge is 0.462 e. The first-order valence-electron chi connectivity index (χ1n) is 9.77. The number of nitriles is 1. The molecule has 0 aliphatic carbocycles. The standard InChI is InChI=1S/C21H30ClN3O2Si/c1-14-16(9-8-15(12-23)18(14)22)24-19-25-11-10-17(21(25,5)13-26-19)27-28(6,7)20(2,3)4/h8-9,17H,10-11,13H2,1-7H3/b24-19-/t17-,21-/m0/s1. The van der Waals surface area contributed by atoms with Crippen molar-refractivity contribution in [3.63, 3.8) is 0 Å². The first-order valence-corrected chi connectivity index (χ1v) is 13.1. The third-order valence-corrected chi connectivity index (χ3v) is 11.6. The molecule has 0 saturated carbocycles. The van der Waals surface area contributed by atoms with Gasteiger partial charge in [0, 0.05) is 6.54 Å². The van der Waals surface area contributed by atoms with Gasteiger partial charge in [-0.1, -0.05) is 32.4 Å². The number of benzene rings is 1. The highest BCUT2D eigenvalue weighted by atomic mass is 35.5. The lowest BCUT2D eigenvalue weighted by Crippen LogP contribution is -2.53. The van der Waals surface area contributed by atoms with Crippen LogP contribution in [0.4, 0.5) is 5.69 Å². The van der Waals surface area contributed by atoms with Crippen molar-refractivity contribution in [3.05, 3.63) is 28.3 Å². The predicted octanol–water partition coefficient (Wildman–Crippen LogP) is 5.39. The summed E-state index contributed by atoms with van der Waals surface area (Å²) in [7, 11) is -1.87. The summed E-state index contributed by atoms with van der Waals surface area (Å²) in [6, 6.07) is 6.25. The molecule has 1 aromatic carbocycles. The highest BCUT2D eigenvalue weighted by Crippen LogP contribution is 2.44. The summed E-state index contributed by atoms with van der Waals surface area (Å²) >= 11 is 6.30. The Morgan fingerprint density at radius 3 is 2.68 bits per heavy atom. The minimum Gasteiger partial charge on any atom is -0.462 e. The van der Waals surface area contributed by atoms with Crippen LogP contribution in [0.15, 0.2) is 17.1 Å². The molecule has 0 unspecified atom stereocenters. The van der Waals surface area contributed by atoms with Crippen molar-refractivity contribution >= 4 is 31.6 Å². The van der Waals surface area contributed by atoms with Crippen LogP contribution in [0.1, 0.15) is 45.2 Å². The molecule has 7 heteroatoms. The number of aliphatic imine (C=N–C) groups is 1. The fourth-order valence-electron chi connectivity index (χ4n) is 3.56. The molecule has 0 bridgehead atoms. The minimum atomic E-state index is -1.87. The summed E-state index contributed by atoms with van der Waals surface area (Å²) in [5, 5.41) is 9.76. The maximum Gasteiger partial charge on any atom is 0.293 e. The highest BCUT2D eigenvalue weighted by molar-refractivity contribution is 6.74. The maximum atomic E-state index is 9.14. The third-order valence-electron chi connectivity index (χ3n) is 6.59. The van der Waals surface area contributed by atoms with Crippen molar-refractivity contribution in [2.75, 3.05) is 13.2 Å². The fraction of sp³-hybridized carbons (Fsp3) is 0.619. The van der Waals surface area contributed by atoms with Crippen molar-refractivity contribution in [2.24, 2.45) is 4.99 Å². The maximum absolute atomic E-state index is 9.14. The van der Waals surface area contributed by atoms with E-state index in [1.165, 1.54) is 0 Å². The smallest absolute Gasteiger partial charge is 0.293 e. The molecule has 5 nitrogen and oxygen atoms in total. The molecule has 1 aromatic rings. The molecule has 2 fully saturated rings. The monoisotopic (exact) mass is 419 g/mol. The molecular weight excluding hydrogens is 390 g/mol. The SMILES string of the molecule is Cc1c(/N=C2\OC[C@@]3(C)[C@@H](O[Si](C)(C)C(C)(C)C)CCN23)ccc(C#N)c1Cl. The van der Waals surface area contributed by atoms with Crippen molar-refractivity contribution in [1.82, 2.24) is 4.90 Å². The van der Waals surface area contributed by atoms with Gasteiger partial charge in [0.1, 0.15) is 18.2 Å². The Kier molecular flexibility index (Phi) is 5.33. The van der Waals surface area contributed by atoms with Crippen LogP contribution in [0.3, 0.4) is 0 Å². The van der Waals surface area contributed by atoms with Gasteiger partial charge in [-0.15, -0.1) is 0 Å².